The summed E-state index contributed by atoms with van der Waals surface area (Å²) in [6.45, 7) is 5.57. The van der Waals surface area contributed by atoms with E-state index in [9.17, 15) is 0 Å². The molecule has 0 aliphatic carbocycles. The van der Waals surface area contributed by atoms with Crippen LogP contribution in [0.4, 0.5) is 0 Å². The van der Waals surface area contributed by atoms with Crippen LogP contribution in [-0.4, -0.2) is 51.3 Å². The molecule has 1 saturated heterocycles. The Morgan fingerprint density at radius 1 is 1.43 bits per heavy atom. The van der Waals surface area contributed by atoms with E-state index in [1.807, 2.05) is 18.3 Å². The van der Waals surface area contributed by atoms with Crippen molar-refractivity contribution < 1.29 is 4.74 Å². The fraction of sp³-hybridized carbons (Fsp3) is 0.533. The molecule has 0 unspecified atom stereocenters. The zero-order valence-corrected chi connectivity index (χ0v) is 12.3. The Morgan fingerprint density at radius 3 is 3.14 bits per heavy atom. The lowest BCUT2D eigenvalue weighted by Gasteiger charge is -2.31. The molecule has 0 spiro atoms. The lowest BCUT2D eigenvalue weighted by molar-refractivity contribution is -0.0338. The Labute approximate surface area is 124 Å². The average Bonchev–Trinajstić information content (AvgIpc) is 3.03. The maximum absolute atomic E-state index is 5.80. The smallest absolute Gasteiger partial charge is 0.180 e. The van der Waals surface area contributed by atoms with E-state index in [0.717, 1.165) is 56.4 Å². The fourth-order valence-corrected chi connectivity index (χ4v) is 2.49. The van der Waals surface area contributed by atoms with E-state index in [2.05, 4.69) is 38.1 Å². The highest BCUT2D eigenvalue weighted by Gasteiger charge is 2.25. The number of morpholine rings is 1. The van der Waals surface area contributed by atoms with Gasteiger partial charge in [-0.05, 0) is 12.1 Å². The summed E-state index contributed by atoms with van der Waals surface area (Å²) in [5, 5.41) is 7.22. The van der Waals surface area contributed by atoms with Gasteiger partial charge < -0.3 is 4.74 Å². The maximum Gasteiger partial charge on any atom is 0.180 e. The van der Waals surface area contributed by atoms with Crippen molar-refractivity contribution in [3.8, 4) is 0 Å². The minimum absolute atomic E-state index is 0.0287. The van der Waals surface area contributed by atoms with Crippen molar-refractivity contribution in [1.29, 1.82) is 0 Å². The third kappa shape index (κ3) is 3.65. The van der Waals surface area contributed by atoms with Gasteiger partial charge in [-0.1, -0.05) is 13.0 Å². The monoisotopic (exact) mass is 287 g/mol. The van der Waals surface area contributed by atoms with E-state index in [1.165, 1.54) is 0 Å². The molecule has 6 nitrogen and oxygen atoms in total. The molecule has 0 amide bonds. The Bertz CT molecular complexity index is 556. The van der Waals surface area contributed by atoms with Crippen LogP contribution >= 0.6 is 0 Å². The number of hydrogen-bond donors (Lipinski definition) is 1. The number of aromatic nitrogens is 4. The molecule has 6 heteroatoms. The molecule has 1 atom stereocenters. The van der Waals surface area contributed by atoms with Crippen molar-refractivity contribution in [2.45, 2.75) is 25.9 Å². The third-order valence-corrected chi connectivity index (χ3v) is 3.73. The van der Waals surface area contributed by atoms with E-state index in [0.29, 0.717) is 0 Å². The van der Waals surface area contributed by atoms with Crippen molar-refractivity contribution in [3.63, 3.8) is 0 Å². The first-order chi connectivity index (χ1) is 10.3. The topological polar surface area (TPSA) is 66.9 Å². The number of nitrogens with zero attached hydrogens (tertiary/aromatic N) is 4. The van der Waals surface area contributed by atoms with Crippen LogP contribution in [0.3, 0.4) is 0 Å². The lowest BCUT2D eigenvalue weighted by atomic mass is 10.2. The second-order valence-electron chi connectivity index (χ2n) is 5.22. The Kier molecular flexibility index (Phi) is 4.57. The fourth-order valence-electron chi connectivity index (χ4n) is 2.49. The van der Waals surface area contributed by atoms with Gasteiger partial charge in [0, 0.05) is 44.4 Å². The Hall–Kier alpha value is -1.79. The molecule has 1 N–H and O–H groups in total. The third-order valence-electron chi connectivity index (χ3n) is 3.73. The quantitative estimate of drug-likeness (QED) is 0.900. The van der Waals surface area contributed by atoms with E-state index in [4.69, 9.17) is 4.74 Å². The average molecular weight is 287 g/mol. The van der Waals surface area contributed by atoms with Gasteiger partial charge in [-0.25, -0.2) is 4.98 Å². The van der Waals surface area contributed by atoms with Crippen molar-refractivity contribution in [2.75, 3.05) is 26.2 Å². The minimum atomic E-state index is -0.0287. The molecular weight excluding hydrogens is 266 g/mol. The van der Waals surface area contributed by atoms with Crippen molar-refractivity contribution >= 4 is 0 Å². The summed E-state index contributed by atoms with van der Waals surface area (Å²) in [7, 11) is 0. The molecule has 1 aliphatic heterocycles. The number of H-pyrrole nitrogens is 1. The number of ether oxygens (including phenoxy) is 1. The van der Waals surface area contributed by atoms with Gasteiger partial charge in [0.15, 0.2) is 5.82 Å². The van der Waals surface area contributed by atoms with Crippen LogP contribution in [0.2, 0.25) is 0 Å². The standard InChI is InChI=1S/C15H21N5O/c1-2-14-17-15(19-18-14)13-11-20(9-10-21-13)8-6-12-5-3-4-7-16-12/h3-5,7,13H,2,6,8-11H2,1H3,(H,17,18,19)/t13-/m1/s1. The first-order valence-corrected chi connectivity index (χ1v) is 7.50. The first kappa shape index (κ1) is 14.2. The van der Waals surface area contributed by atoms with Gasteiger partial charge in [0.25, 0.3) is 0 Å². The second kappa shape index (κ2) is 6.78. The number of rotatable bonds is 5. The molecule has 0 aromatic carbocycles. The van der Waals surface area contributed by atoms with Crippen molar-refractivity contribution in [3.05, 3.63) is 41.7 Å². The van der Waals surface area contributed by atoms with Crippen LogP contribution in [0.1, 0.15) is 30.4 Å². The van der Waals surface area contributed by atoms with E-state index < -0.39 is 0 Å². The predicted molar refractivity (Wildman–Crippen MR) is 78.8 cm³/mol. The van der Waals surface area contributed by atoms with Crippen LogP contribution < -0.4 is 0 Å². The molecule has 3 heterocycles. The summed E-state index contributed by atoms with van der Waals surface area (Å²) in [5.41, 5.74) is 1.13. The number of hydrogen-bond acceptors (Lipinski definition) is 5. The lowest BCUT2D eigenvalue weighted by Crippen LogP contribution is -2.39. The van der Waals surface area contributed by atoms with E-state index in [1.54, 1.807) is 0 Å². The van der Waals surface area contributed by atoms with E-state index in [-0.39, 0.29) is 6.10 Å². The van der Waals surface area contributed by atoms with Gasteiger partial charge in [0.2, 0.25) is 0 Å². The van der Waals surface area contributed by atoms with Gasteiger partial charge in [0.05, 0.1) is 6.61 Å². The molecule has 21 heavy (non-hydrogen) atoms. The van der Waals surface area contributed by atoms with Gasteiger partial charge in [-0.3, -0.25) is 15.0 Å². The molecule has 1 aliphatic rings. The van der Waals surface area contributed by atoms with Crippen molar-refractivity contribution in [1.82, 2.24) is 25.1 Å². The van der Waals surface area contributed by atoms with Gasteiger partial charge in [-0.15, -0.1) is 0 Å². The summed E-state index contributed by atoms with van der Waals surface area (Å²) >= 11 is 0. The Morgan fingerprint density at radius 2 is 2.38 bits per heavy atom. The molecular formula is C15H21N5O. The summed E-state index contributed by atoms with van der Waals surface area (Å²) in [6, 6.07) is 6.05. The maximum atomic E-state index is 5.80. The molecule has 112 valence electrons. The zero-order valence-electron chi connectivity index (χ0n) is 12.3. The van der Waals surface area contributed by atoms with Gasteiger partial charge in [0.1, 0.15) is 11.9 Å². The van der Waals surface area contributed by atoms with Crippen LogP contribution in [0, 0.1) is 0 Å². The molecule has 1 fully saturated rings. The highest BCUT2D eigenvalue weighted by atomic mass is 16.5. The Balaban J connectivity index is 1.55. The van der Waals surface area contributed by atoms with Gasteiger partial charge >= 0.3 is 0 Å². The molecule has 2 aromatic heterocycles. The summed E-state index contributed by atoms with van der Waals surface area (Å²) < 4.78 is 5.80. The predicted octanol–water partition coefficient (Wildman–Crippen LogP) is 1.38. The first-order valence-electron chi connectivity index (χ1n) is 7.50. The highest BCUT2D eigenvalue weighted by molar-refractivity contribution is 5.04. The van der Waals surface area contributed by atoms with Crippen LogP contribution in [0.5, 0.6) is 0 Å². The van der Waals surface area contributed by atoms with Crippen LogP contribution in [0.15, 0.2) is 24.4 Å². The number of pyridine rings is 1. The SMILES string of the molecule is CCc1nc([C@H]2CN(CCc3ccccn3)CCO2)n[nH]1. The van der Waals surface area contributed by atoms with Crippen LogP contribution in [-0.2, 0) is 17.6 Å². The number of aromatic amines is 1. The van der Waals surface area contributed by atoms with E-state index >= 15 is 0 Å². The summed E-state index contributed by atoms with van der Waals surface area (Å²) in [5.74, 6) is 1.69. The highest BCUT2D eigenvalue weighted by Crippen LogP contribution is 2.19. The molecule has 0 saturated carbocycles. The largest absolute Gasteiger partial charge is 0.367 e. The summed E-state index contributed by atoms with van der Waals surface area (Å²) in [6.07, 6.45) is 3.64. The number of nitrogens with one attached hydrogen (secondary N) is 1. The van der Waals surface area contributed by atoms with Crippen LogP contribution in [0.25, 0.3) is 0 Å². The summed E-state index contributed by atoms with van der Waals surface area (Å²) in [4.78, 5) is 11.2. The number of aryl methyl sites for hydroxylation is 1. The zero-order chi connectivity index (χ0) is 14.5. The molecule has 0 radical (unpaired) electrons. The molecule has 0 bridgehead atoms. The molecule has 2 aromatic rings. The van der Waals surface area contributed by atoms with Gasteiger partial charge in [-0.2, -0.15) is 5.10 Å². The minimum Gasteiger partial charge on any atom is -0.367 e. The van der Waals surface area contributed by atoms with Crippen molar-refractivity contribution in [2.24, 2.45) is 0 Å². The second-order valence-corrected chi connectivity index (χ2v) is 5.22. The normalized spacial score (nSPS) is 19.8. The molecule has 3 rings (SSSR count).